The number of hydrogen-bond acceptors (Lipinski definition) is 4. The molecule has 2 amide bonds. The molecule has 0 saturated carbocycles. The van der Waals surface area contributed by atoms with Gasteiger partial charge in [-0.3, -0.25) is 4.79 Å². The number of rotatable bonds is 8. The normalized spacial score (nSPS) is 14.1. The summed E-state index contributed by atoms with van der Waals surface area (Å²) < 4.78 is 5.02. The molecule has 0 bridgehead atoms. The first-order valence-corrected chi connectivity index (χ1v) is 7.85. The summed E-state index contributed by atoms with van der Waals surface area (Å²) in [6.07, 6.45) is -0.130. The maximum absolute atomic E-state index is 12.0. The topological polar surface area (TPSA) is 105 Å². The molecule has 0 fully saturated rings. The van der Waals surface area contributed by atoms with E-state index in [0.29, 0.717) is 6.42 Å². The van der Waals surface area contributed by atoms with Crippen molar-refractivity contribution in [2.24, 2.45) is 5.92 Å². The smallest absolute Gasteiger partial charge is 0.408 e. The maximum Gasteiger partial charge on any atom is 0.408 e. The molecule has 7 nitrogen and oxygen atoms in total. The van der Waals surface area contributed by atoms with Gasteiger partial charge in [0, 0.05) is 0 Å². The van der Waals surface area contributed by atoms with Crippen LogP contribution in [-0.4, -0.2) is 35.2 Å². The van der Waals surface area contributed by atoms with Gasteiger partial charge in [-0.25, -0.2) is 9.59 Å². The van der Waals surface area contributed by atoms with E-state index < -0.39 is 30.1 Å². The van der Waals surface area contributed by atoms with Crippen LogP contribution in [0.2, 0.25) is 0 Å². The second-order valence-electron chi connectivity index (χ2n) is 5.64. The minimum atomic E-state index is -1.10. The summed E-state index contributed by atoms with van der Waals surface area (Å²) in [6.45, 7) is 5.14. The Balaban J connectivity index is 2.47. The fourth-order valence-electron chi connectivity index (χ4n) is 1.97. The monoisotopic (exact) mass is 336 g/mol. The molecule has 0 unspecified atom stereocenters. The summed E-state index contributed by atoms with van der Waals surface area (Å²) >= 11 is 0. The molecule has 0 spiro atoms. The number of carboxylic acid groups (broad SMARTS) is 1. The van der Waals surface area contributed by atoms with Gasteiger partial charge in [-0.15, -0.1) is 0 Å². The maximum atomic E-state index is 12.0. The van der Waals surface area contributed by atoms with Crippen LogP contribution in [-0.2, 0) is 20.9 Å². The van der Waals surface area contributed by atoms with Crippen LogP contribution >= 0.6 is 0 Å². The molecular weight excluding hydrogens is 312 g/mol. The van der Waals surface area contributed by atoms with Crippen LogP contribution in [0.5, 0.6) is 0 Å². The molecule has 24 heavy (non-hydrogen) atoms. The van der Waals surface area contributed by atoms with Crippen molar-refractivity contribution in [3.8, 4) is 0 Å². The third-order valence-corrected chi connectivity index (χ3v) is 3.72. The predicted molar refractivity (Wildman–Crippen MR) is 88.2 cm³/mol. The molecule has 0 aliphatic rings. The molecule has 132 valence electrons. The Labute approximate surface area is 141 Å². The van der Waals surface area contributed by atoms with E-state index in [4.69, 9.17) is 4.74 Å². The molecule has 7 heteroatoms. The van der Waals surface area contributed by atoms with Gasteiger partial charge in [0.15, 0.2) is 0 Å². The average molecular weight is 336 g/mol. The Morgan fingerprint density at radius 3 is 2.29 bits per heavy atom. The number of ether oxygens (including phenoxy) is 1. The highest BCUT2D eigenvalue weighted by Crippen LogP contribution is 2.08. The van der Waals surface area contributed by atoms with E-state index in [1.807, 2.05) is 37.3 Å². The lowest BCUT2D eigenvalue weighted by atomic mass is 9.99. The van der Waals surface area contributed by atoms with Crippen molar-refractivity contribution in [1.29, 1.82) is 0 Å². The summed E-state index contributed by atoms with van der Waals surface area (Å²) in [7, 11) is 0. The Bertz CT molecular complexity index is 561. The first-order valence-electron chi connectivity index (χ1n) is 7.85. The minimum Gasteiger partial charge on any atom is -0.480 e. The number of amides is 2. The largest absolute Gasteiger partial charge is 0.480 e. The lowest BCUT2D eigenvalue weighted by Gasteiger charge is -2.22. The van der Waals surface area contributed by atoms with E-state index in [9.17, 15) is 19.5 Å². The molecule has 0 saturated heterocycles. The molecule has 0 aromatic heterocycles. The molecule has 0 radical (unpaired) electrons. The number of carbonyl (C=O) groups is 3. The molecule has 3 N–H and O–H groups in total. The Kier molecular flexibility index (Phi) is 7.74. The molecule has 0 aliphatic heterocycles. The minimum absolute atomic E-state index is 0.0889. The first kappa shape index (κ1) is 19.5. The van der Waals surface area contributed by atoms with Crippen molar-refractivity contribution in [3.05, 3.63) is 35.9 Å². The number of aliphatic carboxylic acids is 1. The first-order chi connectivity index (χ1) is 11.3. The summed E-state index contributed by atoms with van der Waals surface area (Å²) in [5.74, 6) is -1.89. The molecule has 3 atom stereocenters. The van der Waals surface area contributed by atoms with Crippen molar-refractivity contribution in [1.82, 2.24) is 10.6 Å². The Morgan fingerprint density at radius 1 is 1.12 bits per heavy atom. The van der Waals surface area contributed by atoms with Crippen LogP contribution < -0.4 is 10.6 Å². The van der Waals surface area contributed by atoms with Gasteiger partial charge in [-0.2, -0.15) is 0 Å². The van der Waals surface area contributed by atoms with Crippen LogP contribution in [0.4, 0.5) is 4.79 Å². The van der Waals surface area contributed by atoms with Gasteiger partial charge >= 0.3 is 12.1 Å². The summed E-state index contributed by atoms with van der Waals surface area (Å²) in [6, 6.07) is 7.24. The second kappa shape index (κ2) is 9.54. The van der Waals surface area contributed by atoms with E-state index >= 15 is 0 Å². The lowest BCUT2D eigenvalue weighted by molar-refractivity contribution is -0.143. The van der Waals surface area contributed by atoms with Crippen molar-refractivity contribution < 1.29 is 24.2 Å². The highest BCUT2D eigenvalue weighted by atomic mass is 16.5. The van der Waals surface area contributed by atoms with Gasteiger partial charge in [-0.05, 0) is 18.4 Å². The predicted octanol–water partition coefficient (Wildman–Crippen LogP) is 1.92. The van der Waals surface area contributed by atoms with E-state index in [1.165, 1.54) is 6.92 Å². The van der Waals surface area contributed by atoms with E-state index in [0.717, 1.165) is 5.56 Å². The fraction of sp³-hybridized carbons (Fsp3) is 0.471. The molecule has 1 aromatic rings. The van der Waals surface area contributed by atoms with Crippen LogP contribution in [0.15, 0.2) is 30.3 Å². The molecule has 1 rings (SSSR count). The van der Waals surface area contributed by atoms with E-state index in [1.54, 1.807) is 6.92 Å². The highest BCUT2D eigenvalue weighted by molar-refractivity contribution is 5.89. The molecule has 0 heterocycles. The standard InChI is InChI=1S/C17H24N2O5/c1-4-11(2)14(16(21)22)19-15(20)12(3)18-17(23)24-10-13-8-6-5-7-9-13/h5-9,11-12,14H,4,10H2,1-3H3,(H,18,23)(H,19,20)(H,21,22)/t11-,12-,14-/m1/s1. The van der Waals surface area contributed by atoms with Crippen LogP contribution in [0.1, 0.15) is 32.8 Å². The van der Waals surface area contributed by atoms with Gasteiger partial charge in [0.25, 0.3) is 0 Å². The number of carbonyl (C=O) groups excluding carboxylic acids is 2. The Hall–Kier alpha value is -2.57. The highest BCUT2D eigenvalue weighted by Gasteiger charge is 2.27. The number of nitrogens with one attached hydrogen (secondary N) is 2. The van der Waals surface area contributed by atoms with Crippen LogP contribution in [0, 0.1) is 5.92 Å². The van der Waals surface area contributed by atoms with Crippen molar-refractivity contribution in [2.75, 3.05) is 0 Å². The van der Waals surface area contributed by atoms with E-state index in [2.05, 4.69) is 10.6 Å². The van der Waals surface area contributed by atoms with Crippen molar-refractivity contribution in [3.63, 3.8) is 0 Å². The number of carboxylic acids is 1. The molecule has 0 aliphatic carbocycles. The van der Waals surface area contributed by atoms with Crippen molar-refractivity contribution >= 4 is 18.0 Å². The lowest BCUT2D eigenvalue weighted by Crippen LogP contribution is -2.52. The van der Waals surface area contributed by atoms with Gasteiger partial charge in [0.1, 0.15) is 18.7 Å². The number of alkyl carbamates (subject to hydrolysis) is 1. The van der Waals surface area contributed by atoms with Gasteiger partial charge < -0.3 is 20.5 Å². The Morgan fingerprint density at radius 2 is 1.75 bits per heavy atom. The second-order valence-corrected chi connectivity index (χ2v) is 5.64. The third-order valence-electron chi connectivity index (χ3n) is 3.72. The average Bonchev–Trinajstić information content (AvgIpc) is 2.57. The van der Waals surface area contributed by atoms with Crippen molar-refractivity contribution in [2.45, 2.75) is 45.9 Å². The zero-order chi connectivity index (χ0) is 18.1. The number of hydrogen-bond donors (Lipinski definition) is 3. The quantitative estimate of drug-likeness (QED) is 0.673. The molecular formula is C17H24N2O5. The van der Waals surface area contributed by atoms with Crippen LogP contribution in [0.25, 0.3) is 0 Å². The fourth-order valence-corrected chi connectivity index (χ4v) is 1.97. The third kappa shape index (κ3) is 6.28. The summed E-state index contributed by atoms with van der Waals surface area (Å²) in [5.41, 5.74) is 0.826. The van der Waals surface area contributed by atoms with Gasteiger partial charge in [0.05, 0.1) is 0 Å². The van der Waals surface area contributed by atoms with E-state index in [-0.39, 0.29) is 12.5 Å². The van der Waals surface area contributed by atoms with Gasteiger partial charge in [0.2, 0.25) is 5.91 Å². The summed E-state index contributed by atoms with van der Waals surface area (Å²) in [5, 5.41) is 14.0. The SMILES string of the molecule is CC[C@@H](C)[C@@H](NC(=O)[C@@H](C)NC(=O)OCc1ccccc1)C(=O)O. The number of benzene rings is 1. The zero-order valence-corrected chi connectivity index (χ0v) is 14.1. The summed E-state index contributed by atoms with van der Waals surface area (Å²) in [4.78, 5) is 35.0. The van der Waals surface area contributed by atoms with Gasteiger partial charge in [-0.1, -0.05) is 50.6 Å². The zero-order valence-electron chi connectivity index (χ0n) is 14.1. The molecule has 1 aromatic carbocycles. The van der Waals surface area contributed by atoms with Crippen LogP contribution in [0.3, 0.4) is 0 Å².